The van der Waals surface area contributed by atoms with E-state index in [1.807, 2.05) is 0 Å². The minimum atomic E-state index is -3.89. The summed E-state index contributed by atoms with van der Waals surface area (Å²) >= 11 is 5.88. The third-order valence-corrected chi connectivity index (χ3v) is 5.86. The zero-order valence-electron chi connectivity index (χ0n) is 17.0. The van der Waals surface area contributed by atoms with Gasteiger partial charge in [0.05, 0.1) is 10.5 Å². The van der Waals surface area contributed by atoms with Gasteiger partial charge in [0.25, 0.3) is 15.9 Å². The predicted molar refractivity (Wildman–Crippen MR) is 116 cm³/mol. The van der Waals surface area contributed by atoms with Gasteiger partial charge in [0.2, 0.25) is 0 Å². The molecule has 168 valence electrons. The van der Waals surface area contributed by atoms with Crippen molar-refractivity contribution < 1.29 is 27.3 Å². The summed E-state index contributed by atoms with van der Waals surface area (Å²) in [6, 6.07) is 9.85. The van der Waals surface area contributed by atoms with Crippen molar-refractivity contribution in [1.29, 1.82) is 0 Å². The Balaban J connectivity index is 1.65. The molecule has 1 unspecified atom stereocenters. The van der Waals surface area contributed by atoms with E-state index in [0.717, 1.165) is 0 Å². The van der Waals surface area contributed by atoms with Crippen LogP contribution in [0.2, 0.25) is 5.15 Å². The van der Waals surface area contributed by atoms with E-state index in [9.17, 15) is 18.0 Å². The molecule has 0 bridgehead atoms. The number of nitrogens with zero attached hydrogens (tertiary/aromatic N) is 2. The number of ether oxygens (including phenoxy) is 1. The van der Waals surface area contributed by atoms with Gasteiger partial charge >= 0.3 is 5.97 Å². The molecule has 12 heteroatoms. The van der Waals surface area contributed by atoms with Crippen LogP contribution in [-0.4, -0.2) is 36.5 Å². The number of carbonyl (C=O) groups is 2. The summed E-state index contributed by atoms with van der Waals surface area (Å²) in [7, 11) is -3.89. The quantitative estimate of drug-likeness (QED) is 0.370. The largest absolute Gasteiger partial charge is 0.449 e. The van der Waals surface area contributed by atoms with E-state index in [1.54, 1.807) is 13.8 Å². The molecule has 2 aromatic heterocycles. The van der Waals surface area contributed by atoms with Crippen molar-refractivity contribution >= 4 is 45.0 Å². The maximum absolute atomic E-state index is 12.5. The van der Waals surface area contributed by atoms with Crippen molar-refractivity contribution in [2.24, 2.45) is 0 Å². The van der Waals surface area contributed by atoms with Crippen LogP contribution in [0.4, 0.5) is 11.5 Å². The Hall–Kier alpha value is -3.44. The van der Waals surface area contributed by atoms with Crippen LogP contribution in [0.5, 0.6) is 0 Å². The molecule has 2 heterocycles. The molecule has 1 aromatic carbocycles. The SMILES string of the molecule is CCC(OC(=O)c1cccnc1Cl)C(=O)Nc1ccc(S(=O)(=O)Nc2cc(C)on2)cc1. The normalized spacial score (nSPS) is 12.1. The number of benzene rings is 1. The number of rotatable bonds is 8. The molecule has 3 aromatic rings. The number of nitrogens with one attached hydrogen (secondary N) is 2. The van der Waals surface area contributed by atoms with Crippen LogP contribution >= 0.6 is 11.6 Å². The van der Waals surface area contributed by atoms with Crippen molar-refractivity contribution in [3.63, 3.8) is 0 Å². The van der Waals surface area contributed by atoms with Gasteiger partial charge in [-0.3, -0.25) is 9.52 Å². The number of aromatic nitrogens is 2. The summed E-state index contributed by atoms with van der Waals surface area (Å²) in [5.74, 6) is -0.840. The van der Waals surface area contributed by atoms with Crippen LogP contribution < -0.4 is 10.0 Å². The highest BCUT2D eigenvalue weighted by molar-refractivity contribution is 7.92. The number of hydrogen-bond donors (Lipinski definition) is 2. The second-order valence-electron chi connectivity index (χ2n) is 6.59. The maximum Gasteiger partial charge on any atom is 0.342 e. The molecule has 0 aliphatic rings. The van der Waals surface area contributed by atoms with Crippen molar-refractivity contribution in [1.82, 2.24) is 10.1 Å². The summed E-state index contributed by atoms with van der Waals surface area (Å²) in [4.78, 5) is 28.6. The zero-order valence-corrected chi connectivity index (χ0v) is 18.6. The summed E-state index contributed by atoms with van der Waals surface area (Å²) in [5.41, 5.74) is 0.366. The number of halogens is 1. The van der Waals surface area contributed by atoms with Gasteiger partial charge in [-0.2, -0.15) is 0 Å². The van der Waals surface area contributed by atoms with Crippen LogP contribution in [0.15, 0.2) is 58.1 Å². The third kappa shape index (κ3) is 5.62. The number of amides is 1. The van der Waals surface area contributed by atoms with Crippen LogP contribution in [0.3, 0.4) is 0 Å². The molecule has 0 spiro atoms. The smallest absolute Gasteiger partial charge is 0.342 e. The van der Waals surface area contributed by atoms with E-state index in [0.29, 0.717) is 11.4 Å². The van der Waals surface area contributed by atoms with Gasteiger partial charge in [0.1, 0.15) is 10.9 Å². The molecule has 0 aliphatic heterocycles. The van der Waals surface area contributed by atoms with Gasteiger partial charge in [0, 0.05) is 18.0 Å². The summed E-state index contributed by atoms with van der Waals surface area (Å²) in [5, 5.41) is 6.15. The van der Waals surface area contributed by atoms with Crippen molar-refractivity contribution in [3.8, 4) is 0 Å². The van der Waals surface area contributed by atoms with Crippen molar-refractivity contribution in [3.05, 3.63) is 65.1 Å². The average Bonchev–Trinajstić information content (AvgIpc) is 3.16. The minimum absolute atomic E-state index is 0.0288. The molecule has 3 rings (SSSR count). The van der Waals surface area contributed by atoms with Crippen LogP contribution in [0, 0.1) is 6.92 Å². The Morgan fingerprint density at radius 1 is 1.22 bits per heavy atom. The molecule has 0 saturated heterocycles. The number of esters is 1. The Bertz CT molecular complexity index is 1230. The molecule has 2 N–H and O–H groups in total. The first-order chi connectivity index (χ1) is 15.2. The van der Waals surface area contributed by atoms with E-state index in [4.69, 9.17) is 20.9 Å². The maximum atomic E-state index is 12.5. The molecule has 10 nitrogen and oxygen atoms in total. The lowest BCUT2D eigenvalue weighted by atomic mass is 10.2. The van der Waals surface area contributed by atoms with Crippen molar-refractivity contribution in [2.75, 3.05) is 10.0 Å². The topological polar surface area (TPSA) is 140 Å². The fraction of sp³-hybridized carbons (Fsp3) is 0.200. The van der Waals surface area contributed by atoms with Crippen LogP contribution in [-0.2, 0) is 19.6 Å². The van der Waals surface area contributed by atoms with Gasteiger partial charge in [-0.05, 0) is 49.7 Å². The van der Waals surface area contributed by atoms with E-state index in [1.165, 1.54) is 48.7 Å². The first-order valence-electron chi connectivity index (χ1n) is 9.38. The standard InChI is InChI=1S/C20H19ClN4O6S/c1-3-16(30-20(27)15-5-4-10-22-18(15)21)19(26)23-13-6-8-14(9-7-13)32(28,29)25-17-11-12(2)31-24-17/h4-11,16H,3H2,1-2H3,(H,23,26)(H,24,25). The number of carbonyl (C=O) groups excluding carboxylic acids is 2. The van der Waals surface area contributed by atoms with E-state index in [-0.39, 0.29) is 27.9 Å². The molecule has 0 saturated carbocycles. The molecule has 0 fully saturated rings. The number of pyridine rings is 1. The first-order valence-corrected chi connectivity index (χ1v) is 11.2. The van der Waals surface area contributed by atoms with Crippen LogP contribution in [0.25, 0.3) is 0 Å². The van der Waals surface area contributed by atoms with Gasteiger partial charge < -0.3 is 14.6 Å². The predicted octanol–water partition coefficient (Wildman–Crippen LogP) is 3.41. The number of hydrogen-bond acceptors (Lipinski definition) is 8. The summed E-state index contributed by atoms with van der Waals surface area (Å²) < 4.78 is 37.2. The van der Waals surface area contributed by atoms with Crippen molar-refractivity contribution in [2.45, 2.75) is 31.3 Å². The zero-order chi connectivity index (χ0) is 23.3. The van der Waals surface area contributed by atoms with E-state index < -0.39 is 28.0 Å². The lowest BCUT2D eigenvalue weighted by molar-refractivity contribution is -0.124. The highest BCUT2D eigenvalue weighted by Crippen LogP contribution is 2.19. The molecule has 0 aliphatic carbocycles. The number of anilines is 2. The number of aryl methyl sites for hydroxylation is 1. The monoisotopic (exact) mass is 478 g/mol. The Morgan fingerprint density at radius 3 is 2.53 bits per heavy atom. The van der Waals surface area contributed by atoms with Gasteiger partial charge in [-0.1, -0.05) is 23.7 Å². The Morgan fingerprint density at radius 2 is 1.94 bits per heavy atom. The molecular weight excluding hydrogens is 460 g/mol. The van der Waals surface area contributed by atoms with Gasteiger partial charge in [-0.15, -0.1) is 0 Å². The fourth-order valence-corrected chi connectivity index (χ4v) is 3.78. The first kappa shape index (κ1) is 23.2. The highest BCUT2D eigenvalue weighted by atomic mass is 35.5. The molecule has 0 radical (unpaired) electrons. The van der Waals surface area contributed by atoms with E-state index >= 15 is 0 Å². The average molecular weight is 479 g/mol. The van der Waals surface area contributed by atoms with Gasteiger partial charge in [0.15, 0.2) is 11.9 Å². The second kappa shape index (κ2) is 9.79. The minimum Gasteiger partial charge on any atom is -0.449 e. The third-order valence-electron chi connectivity index (χ3n) is 4.19. The molecular formula is C20H19ClN4O6S. The van der Waals surface area contributed by atoms with Gasteiger partial charge in [-0.25, -0.2) is 18.2 Å². The van der Waals surface area contributed by atoms with E-state index in [2.05, 4.69) is 20.2 Å². The highest BCUT2D eigenvalue weighted by Gasteiger charge is 2.24. The molecule has 1 amide bonds. The summed E-state index contributed by atoms with van der Waals surface area (Å²) in [6.07, 6.45) is 0.553. The fourth-order valence-electron chi connectivity index (χ4n) is 2.60. The Labute approximate surface area is 189 Å². The lowest BCUT2D eigenvalue weighted by Crippen LogP contribution is -2.32. The second-order valence-corrected chi connectivity index (χ2v) is 8.63. The molecule has 1 atom stereocenters. The molecule has 32 heavy (non-hydrogen) atoms. The summed E-state index contributed by atoms with van der Waals surface area (Å²) in [6.45, 7) is 3.31. The Kier molecular flexibility index (Phi) is 7.11. The lowest BCUT2D eigenvalue weighted by Gasteiger charge is -2.16. The number of sulfonamides is 1. The van der Waals surface area contributed by atoms with Crippen LogP contribution in [0.1, 0.15) is 29.5 Å².